The van der Waals surface area contributed by atoms with E-state index in [-0.39, 0.29) is 0 Å². The Balaban J connectivity index is 3.29. The van der Waals surface area contributed by atoms with Crippen LogP contribution in [0.15, 0.2) is 29.9 Å². The zero-order chi connectivity index (χ0) is 9.84. The maximum absolute atomic E-state index is 8.88. The molecule has 0 unspecified atom stereocenters. The maximum Gasteiger partial charge on any atom is 0.489 e. The third kappa shape index (κ3) is 2.08. The fourth-order valence-corrected chi connectivity index (χ4v) is 1.02. The van der Waals surface area contributed by atoms with Crippen LogP contribution in [-0.2, 0) is 0 Å². The normalized spacial score (nSPS) is 11.5. The van der Waals surface area contributed by atoms with Crippen LogP contribution < -0.4 is 11.0 Å². The van der Waals surface area contributed by atoms with E-state index >= 15 is 0 Å². The second-order valence-corrected chi connectivity index (χ2v) is 2.51. The highest BCUT2D eigenvalue weighted by molar-refractivity contribution is 6.58. The van der Waals surface area contributed by atoms with Gasteiger partial charge in [-0.25, -0.2) is 0 Å². The molecule has 5 heteroatoms. The summed E-state index contributed by atoms with van der Waals surface area (Å²) >= 11 is 0. The Bertz CT molecular complexity index is 371. The molecule has 0 bridgehead atoms. The Kier molecular flexibility index (Phi) is 3.05. The van der Waals surface area contributed by atoms with E-state index in [2.05, 4.69) is 11.6 Å². The van der Waals surface area contributed by atoms with Crippen molar-refractivity contribution in [2.24, 2.45) is 4.99 Å². The Morgan fingerprint density at radius 1 is 1.54 bits per heavy atom. The van der Waals surface area contributed by atoms with E-state index < -0.39 is 7.12 Å². The lowest BCUT2D eigenvalue weighted by atomic mass is 9.82. The average molecular weight is 178 g/mol. The Morgan fingerprint density at radius 3 is 2.69 bits per heavy atom. The summed E-state index contributed by atoms with van der Waals surface area (Å²) in [4.78, 5) is 3.97. The number of aromatic nitrogens is 1. The predicted molar refractivity (Wildman–Crippen MR) is 52.1 cm³/mol. The van der Waals surface area contributed by atoms with Crippen molar-refractivity contribution >= 4 is 18.8 Å². The van der Waals surface area contributed by atoms with E-state index in [1.54, 1.807) is 36.1 Å². The van der Waals surface area contributed by atoms with Gasteiger partial charge >= 0.3 is 7.12 Å². The van der Waals surface area contributed by atoms with Crippen LogP contribution in [0.25, 0.3) is 6.20 Å². The first-order valence-electron chi connectivity index (χ1n) is 3.82. The molecular formula is C8H11BN2O2. The second kappa shape index (κ2) is 4.07. The van der Waals surface area contributed by atoms with Crippen molar-refractivity contribution in [2.75, 3.05) is 7.05 Å². The molecule has 0 amide bonds. The summed E-state index contributed by atoms with van der Waals surface area (Å²) in [5, 5.41) is 17.8. The highest BCUT2D eigenvalue weighted by Crippen LogP contribution is 1.81. The molecule has 1 rings (SSSR count). The quantitative estimate of drug-likeness (QED) is 0.558. The van der Waals surface area contributed by atoms with E-state index in [1.807, 2.05) is 0 Å². The largest absolute Gasteiger partial charge is 0.489 e. The van der Waals surface area contributed by atoms with Crippen LogP contribution in [-0.4, -0.2) is 28.8 Å². The van der Waals surface area contributed by atoms with Crippen molar-refractivity contribution in [1.29, 1.82) is 0 Å². The van der Waals surface area contributed by atoms with Crippen molar-refractivity contribution in [3.8, 4) is 0 Å². The first-order chi connectivity index (χ1) is 6.19. The van der Waals surface area contributed by atoms with Crippen molar-refractivity contribution < 1.29 is 10.0 Å². The van der Waals surface area contributed by atoms with Crippen LogP contribution in [0.5, 0.6) is 0 Å². The van der Waals surface area contributed by atoms with Gasteiger partial charge in [-0.1, -0.05) is 12.6 Å². The molecule has 0 radical (unpaired) electrons. The zero-order valence-electron chi connectivity index (χ0n) is 7.38. The zero-order valence-corrected chi connectivity index (χ0v) is 7.38. The molecule has 68 valence electrons. The molecule has 13 heavy (non-hydrogen) atoms. The molecule has 0 aliphatic carbocycles. The van der Waals surface area contributed by atoms with Crippen LogP contribution in [0.3, 0.4) is 0 Å². The molecular weight excluding hydrogens is 167 g/mol. The van der Waals surface area contributed by atoms with Crippen molar-refractivity contribution in [3.63, 3.8) is 0 Å². The standard InChI is InChI=1S/C8H11BN2O2/c1-3-11-6-7(9(12)13)4-5-8(11)10-2/h3-6,12-13H,1H2,2H3. The van der Waals surface area contributed by atoms with Gasteiger partial charge in [0.05, 0.1) is 0 Å². The Labute approximate surface area is 76.6 Å². The van der Waals surface area contributed by atoms with Crippen molar-refractivity contribution in [2.45, 2.75) is 0 Å². The SMILES string of the molecule is C=Cn1cc(B(O)O)ccc1=NC. The first-order valence-corrected chi connectivity index (χ1v) is 3.82. The first kappa shape index (κ1) is 9.76. The number of rotatable bonds is 2. The lowest BCUT2D eigenvalue weighted by Gasteiger charge is -2.03. The minimum Gasteiger partial charge on any atom is -0.423 e. The summed E-state index contributed by atoms with van der Waals surface area (Å²) in [7, 11) is 0.196. The van der Waals surface area contributed by atoms with Gasteiger partial charge in [-0.15, -0.1) is 0 Å². The molecule has 0 aliphatic rings. The number of hydrogen-bond acceptors (Lipinski definition) is 3. The van der Waals surface area contributed by atoms with Gasteiger partial charge in [0, 0.05) is 19.4 Å². The van der Waals surface area contributed by atoms with Gasteiger partial charge < -0.3 is 14.6 Å². The summed E-state index contributed by atoms with van der Waals surface area (Å²) in [5.74, 6) is 0. The van der Waals surface area contributed by atoms with E-state index in [1.165, 1.54) is 0 Å². The molecule has 0 saturated carbocycles. The van der Waals surface area contributed by atoms with Crippen LogP contribution in [0.4, 0.5) is 0 Å². The molecule has 0 atom stereocenters. The maximum atomic E-state index is 8.88. The monoisotopic (exact) mass is 178 g/mol. The minimum atomic E-state index is -1.46. The van der Waals surface area contributed by atoms with Gasteiger partial charge in [-0.3, -0.25) is 4.99 Å². The Morgan fingerprint density at radius 2 is 2.23 bits per heavy atom. The fourth-order valence-electron chi connectivity index (χ4n) is 1.02. The Hall–Kier alpha value is -1.33. The predicted octanol–water partition coefficient (Wildman–Crippen LogP) is -1.20. The third-order valence-electron chi connectivity index (χ3n) is 1.70. The number of pyridine rings is 1. The molecule has 0 saturated heterocycles. The minimum absolute atomic E-state index is 0.410. The summed E-state index contributed by atoms with van der Waals surface area (Å²) in [5.41, 5.74) is 1.12. The number of nitrogens with zero attached hydrogens (tertiary/aromatic N) is 2. The van der Waals surface area contributed by atoms with Crippen LogP contribution in [0, 0.1) is 0 Å². The average Bonchev–Trinajstić information content (AvgIpc) is 2.16. The summed E-state index contributed by atoms with van der Waals surface area (Å²) in [6.07, 6.45) is 3.12. The third-order valence-corrected chi connectivity index (χ3v) is 1.70. The van der Waals surface area contributed by atoms with Crippen LogP contribution in [0.2, 0.25) is 0 Å². The van der Waals surface area contributed by atoms with E-state index in [9.17, 15) is 0 Å². The lowest BCUT2D eigenvalue weighted by molar-refractivity contribution is 0.425. The molecule has 1 aromatic heterocycles. The molecule has 0 aliphatic heterocycles. The molecule has 1 aromatic rings. The van der Waals surface area contributed by atoms with E-state index in [0.29, 0.717) is 11.0 Å². The van der Waals surface area contributed by atoms with Crippen LogP contribution >= 0.6 is 0 Å². The topological polar surface area (TPSA) is 57.8 Å². The molecule has 0 aromatic carbocycles. The van der Waals surface area contributed by atoms with Gasteiger partial charge in [0.15, 0.2) is 0 Å². The molecule has 0 spiro atoms. The van der Waals surface area contributed by atoms with Gasteiger partial charge in [-0.05, 0) is 11.5 Å². The van der Waals surface area contributed by atoms with Crippen LogP contribution in [0.1, 0.15) is 0 Å². The van der Waals surface area contributed by atoms with Crippen molar-refractivity contribution in [3.05, 3.63) is 30.4 Å². The van der Waals surface area contributed by atoms with Gasteiger partial charge in [-0.2, -0.15) is 0 Å². The van der Waals surface area contributed by atoms with Gasteiger partial charge in [0.1, 0.15) is 5.49 Å². The fraction of sp³-hybridized carbons (Fsp3) is 0.125. The summed E-state index contributed by atoms with van der Waals surface area (Å²) in [6.45, 7) is 3.58. The summed E-state index contributed by atoms with van der Waals surface area (Å²) < 4.78 is 1.62. The van der Waals surface area contributed by atoms with Gasteiger partial charge in [0.25, 0.3) is 0 Å². The van der Waals surface area contributed by atoms with E-state index in [0.717, 1.165) is 0 Å². The van der Waals surface area contributed by atoms with E-state index in [4.69, 9.17) is 10.0 Å². The smallest absolute Gasteiger partial charge is 0.423 e. The number of hydrogen-bond donors (Lipinski definition) is 2. The molecule has 4 nitrogen and oxygen atoms in total. The van der Waals surface area contributed by atoms with Crippen molar-refractivity contribution in [1.82, 2.24) is 4.57 Å². The lowest BCUT2D eigenvalue weighted by Crippen LogP contribution is -2.33. The summed E-state index contributed by atoms with van der Waals surface area (Å²) in [6, 6.07) is 3.30. The molecule has 2 N–H and O–H groups in total. The highest BCUT2D eigenvalue weighted by atomic mass is 16.4. The van der Waals surface area contributed by atoms with Gasteiger partial charge in [0.2, 0.25) is 0 Å². The second-order valence-electron chi connectivity index (χ2n) is 2.51. The molecule has 1 heterocycles. The highest BCUT2D eigenvalue weighted by Gasteiger charge is 2.10. The molecule has 0 fully saturated rings.